The van der Waals surface area contributed by atoms with E-state index >= 15 is 0 Å². The number of benzene rings is 3. The summed E-state index contributed by atoms with van der Waals surface area (Å²) in [6.45, 7) is 0.0942. The molecule has 6 nitrogen and oxygen atoms in total. The largest absolute Gasteiger partial charge is 0.435 e. The van der Waals surface area contributed by atoms with E-state index in [1.807, 2.05) is 37.3 Å². The summed E-state index contributed by atoms with van der Waals surface area (Å²) in [6, 6.07) is 20.8. The van der Waals surface area contributed by atoms with Crippen molar-refractivity contribution in [2.75, 3.05) is 18.4 Å². The van der Waals surface area contributed by atoms with Gasteiger partial charge in [-0.15, -0.1) is 0 Å². The quantitative estimate of drug-likeness (QED) is 0.478. The lowest BCUT2D eigenvalue weighted by Crippen LogP contribution is -2.46. The topological polar surface area (TPSA) is 70.7 Å². The molecule has 2 N–H and O–H groups in total. The first kappa shape index (κ1) is 24.2. The van der Waals surface area contributed by atoms with E-state index in [2.05, 4.69) is 15.4 Å². The molecule has 182 valence electrons. The number of hydrogen-bond acceptors (Lipinski definition) is 4. The maximum absolute atomic E-state index is 13.3. The molecule has 3 aromatic rings. The highest BCUT2D eigenvalue weighted by atomic mass is 19.3. The van der Waals surface area contributed by atoms with Gasteiger partial charge in [0.05, 0.1) is 11.3 Å². The number of carbonyl (C=O) groups excluding carboxylic acids is 2. The molecule has 0 aromatic heterocycles. The van der Waals surface area contributed by atoms with Crippen molar-refractivity contribution in [2.45, 2.75) is 32.4 Å². The molecule has 8 heteroatoms. The van der Waals surface area contributed by atoms with Crippen molar-refractivity contribution in [2.24, 2.45) is 0 Å². The summed E-state index contributed by atoms with van der Waals surface area (Å²) in [5.74, 6) is -0.130. The van der Waals surface area contributed by atoms with Gasteiger partial charge in [-0.25, -0.2) is 0 Å². The molecule has 1 aliphatic rings. The molecule has 0 aliphatic carbocycles. The number of ether oxygens (including phenoxy) is 1. The lowest BCUT2D eigenvalue weighted by Gasteiger charge is -2.33. The van der Waals surface area contributed by atoms with Crippen LogP contribution in [0.15, 0.2) is 72.8 Å². The molecule has 1 fully saturated rings. The number of hydrogen-bond donors (Lipinski definition) is 2. The molecular weight excluding hydrogens is 452 g/mol. The van der Waals surface area contributed by atoms with Crippen molar-refractivity contribution in [3.8, 4) is 5.75 Å². The zero-order valence-corrected chi connectivity index (χ0v) is 19.3. The smallest absolute Gasteiger partial charge is 0.387 e. The Morgan fingerprint density at radius 1 is 0.914 bits per heavy atom. The van der Waals surface area contributed by atoms with Crippen molar-refractivity contribution < 1.29 is 23.1 Å². The lowest BCUT2D eigenvalue weighted by molar-refractivity contribution is -0.0498. The van der Waals surface area contributed by atoms with Gasteiger partial charge in [-0.05, 0) is 67.8 Å². The summed E-state index contributed by atoms with van der Waals surface area (Å²) in [4.78, 5) is 27.7. The van der Waals surface area contributed by atoms with Gasteiger partial charge in [-0.1, -0.05) is 30.3 Å². The van der Waals surface area contributed by atoms with Crippen LogP contribution in [0.4, 0.5) is 20.2 Å². The van der Waals surface area contributed by atoms with E-state index in [1.54, 1.807) is 35.2 Å². The van der Waals surface area contributed by atoms with Crippen LogP contribution in [0, 0.1) is 6.92 Å². The molecule has 2 amide bonds. The summed E-state index contributed by atoms with van der Waals surface area (Å²) in [7, 11) is 0. The summed E-state index contributed by atoms with van der Waals surface area (Å²) in [5.41, 5.74) is 3.38. The molecule has 3 aromatic carbocycles. The number of aryl methyl sites for hydroxylation is 1. The summed E-state index contributed by atoms with van der Waals surface area (Å²) >= 11 is 0. The SMILES string of the molecule is Cc1ccccc1C(=O)NC1CCN(C(=O)c2ccccc2Nc2ccc(OC(F)F)cc2)CC1. The Balaban J connectivity index is 1.36. The van der Waals surface area contributed by atoms with Crippen LogP contribution in [-0.4, -0.2) is 42.5 Å². The standard InChI is InChI=1S/C27H27F2N3O3/c1-18-6-2-3-7-22(18)25(33)31-20-14-16-32(17-15-20)26(34)23-8-4-5-9-24(23)30-19-10-12-21(13-11-19)35-27(28)29/h2-13,20,27,30H,14-17H2,1H3,(H,31,33). The number of para-hydroxylation sites is 1. The minimum atomic E-state index is -2.88. The Morgan fingerprint density at radius 3 is 2.20 bits per heavy atom. The maximum Gasteiger partial charge on any atom is 0.387 e. The predicted octanol–water partition coefficient (Wildman–Crippen LogP) is 5.37. The maximum atomic E-state index is 13.3. The van der Waals surface area contributed by atoms with Crippen LogP contribution in [0.1, 0.15) is 39.1 Å². The van der Waals surface area contributed by atoms with Crippen molar-refractivity contribution >= 4 is 23.2 Å². The minimum absolute atomic E-state index is 0.00787. The molecule has 1 saturated heterocycles. The first-order valence-electron chi connectivity index (χ1n) is 11.5. The van der Waals surface area contributed by atoms with Crippen LogP contribution in [0.3, 0.4) is 0 Å². The van der Waals surface area contributed by atoms with E-state index in [-0.39, 0.29) is 23.6 Å². The van der Waals surface area contributed by atoms with Gasteiger partial charge < -0.3 is 20.3 Å². The third kappa shape index (κ3) is 6.15. The number of halogens is 2. The number of carbonyl (C=O) groups is 2. The number of nitrogens with zero attached hydrogens (tertiary/aromatic N) is 1. The fourth-order valence-electron chi connectivity index (χ4n) is 4.14. The summed E-state index contributed by atoms with van der Waals surface area (Å²) in [5, 5.41) is 6.27. The van der Waals surface area contributed by atoms with Gasteiger partial charge in [-0.2, -0.15) is 8.78 Å². The zero-order chi connectivity index (χ0) is 24.8. The van der Waals surface area contributed by atoms with Gasteiger partial charge >= 0.3 is 6.61 Å². The van der Waals surface area contributed by atoms with E-state index in [1.165, 1.54) is 12.1 Å². The molecule has 0 saturated carbocycles. The first-order chi connectivity index (χ1) is 16.9. The molecule has 0 spiro atoms. The van der Waals surface area contributed by atoms with Crippen LogP contribution in [0.5, 0.6) is 5.75 Å². The van der Waals surface area contributed by atoms with Gasteiger partial charge in [0.25, 0.3) is 11.8 Å². The van der Waals surface area contributed by atoms with Crippen LogP contribution in [0.2, 0.25) is 0 Å². The predicted molar refractivity (Wildman–Crippen MR) is 130 cm³/mol. The van der Waals surface area contributed by atoms with Crippen LogP contribution >= 0.6 is 0 Å². The minimum Gasteiger partial charge on any atom is -0.435 e. The summed E-state index contributed by atoms with van der Waals surface area (Å²) in [6.07, 6.45) is 1.34. The monoisotopic (exact) mass is 479 g/mol. The van der Waals surface area contributed by atoms with Gasteiger partial charge in [0.2, 0.25) is 0 Å². The van der Waals surface area contributed by atoms with E-state index in [0.717, 1.165) is 5.56 Å². The van der Waals surface area contributed by atoms with Gasteiger partial charge in [0.1, 0.15) is 5.75 Å². The average Bonchev–Trinajstić information content (AvgIpc) is 2.85. The number of amides is 2. The number of rotatable bonds is 7. The second-order valence-electron chi connectivity index (χ2n) is 8.43. The molecule has 35 heavy (non-hydrogen) atoms. The molecule has 1 heterocycles. The highest BCUT2D eigenvalue weighted by Crippen LogP contribution is 2.25. The summed E-state index contributed by atoms with van der Waals surface area (Å²) < 4.78 is 29.1. The van der Waals surface area contributed by atoms with E-state index in [4.69, 9.17) is 0 Å². The highest BCUT2D eigenvalue weighted by Gasteiger charge is 2.26. The Kier molecular flexibility index (Phi) is 7.60. The van der Waals surface area contributed by atoms with E-state index in [0.29, 0.717) is 48.4 Å². The van der Waals surface area contributed by atoms with Gasteiger partial charge in [0, 0.05) is 30.4 Å². The Morgan fingerprint density at radius 2 is 1.54 bits per heavy atom. The van der Waals surface area contributed by atoms with Crippen molar-refractivity contribution in [3.05, 3.63) is 89.5 Å². The molecule has 4 rings (SSSR count). The third-order valence-electron chi connectivity index (χ3n) is 6.02. The normalized spacial score (nSPS) is 14.0. The highest BCUT2D eigenvalue weighted by molar-refractivity contribution is 6.00. The number of nitrogens with one attached hydrogen (secondary N) is 2. The van der Waals surface area contributed by atoms with Crippen LogP contribution in [-0.2, 0) is 0 Å². The molecule has 0 unspecified atom stereocenters. The number of likely N-dealkylation sites (tertiary alicyclic amines) is 1. The van der Waals surface area contributed by atoms with Crippen LogP contribution < -0.4 is 15.4 Å². The number of piperidine rings is 1. The van der Waals surface area contributed by atoms with Crippen molar-refractivity contribution in [1.29, 1.82) is 0 Å². The zero-order valence-electron chi connectivity index (χ0n) is 19.3. The fourth-order valence-corrected chi connectivity index (χ4v) is 4.14. The van der Waals surface area contributed by atoms with Gasteiger partial charge in [-0.3, -0.25) is 9.59 Å². The third-order valence-corrected chi connectivity index (χ3v) is 6.02. The second-order valence-corrected chi connectivity index (χ2v) is 8.43. The van der Waals surface area contributed by atoms with Gasteiger partial charge in [0.15, 0.2) is 0 Å². The van der Waals surface area contributed by atoms with E-state index < -0.39 is 6.61 Å². The molecule has 0 bridgehead atoms. The Labute approximate surface area is 202 Å². The van der Waals surface area contributed by atoms with Crippen LogP contribution in [0.25, 0.3) is 0 Å². The lowest BCUT2D eigenvalue weighted by atomic mass is 10.0. The molecule has 0 atom stereocenters. The second kappa shape index (κ2) is 11.0. The Hall–Kier alpha value is -3.94. The number of alkyl halides is 2. The Bertz CT molecular complexity index is 1180. The van der Waals surface area contributed by atoms with E-state index in [9.17, 15) is 18.4 Å². The van der Waals surface area contributed by atoms with Crippen molar-refractivity contribution in [3.63, 3.8) is 0 Å². The number of anilines is 2. The molecule has 1 aliphatic heterocycles. The molecular formula is C27H27F2N3O3. The first-order valence-corrected chi connectivity index (χ1v) is 11.5. The fraction of sp³-hybridized carbons (Fsp3) is 0.259. The average molecular weight is 480 g/mol. The van der Waals surface area contributed by atoms with Crippen molar-refractivity contribution in [1.82, 2.24) is 10.2 Å². The molecule has 0 radical (unpaired) electrons.